The van der Waals surface area contributed by atoms with Crippen LogP contribution in [0.2, 0.25) is 5.02 Å². The number of carbonyl (C=O) groups is 1. The maximum atomic E-state index is 12.9. The lowest BCUT2D eigenvalue weighted by atomic mass is 9.83. The molecule has 2 N–H and O–H groups in total. The SMILES string of the molecule is CCCOc1cccc(C(=O)Oc2ccc3c(c2)OC(N)=C(C#N)C3c2ccc(OCc3ccc(Cl)cc3)c(OCC)c2)c1. The first-order valence-corrected chi connectivity index (χ1v) is 14.6. The number of nitrogens with zero attached hydrogens (tertiary/aromatic N) is 1. The molecule has 44 heavy (non-hydrogen) atoms. The summed E-state index contributed by atoms with van der Waals surface area (Å²) in [6.07, 6.45) is 0.852. The Morgan fingerprint density at radius 1 is 0.932 bits per heavy atom. The number of rotatable bonds is 11. The fourth-order valence-corrected chi connectivity index (χ4v) is 4.90. The van der Waals surface area contributed by atoms with Crippen molar-refractivity contribution >= 4 is 17.6 Å². The van der Waals surface area contributed by atoms with E-state index in [4.69, 9.17) is 41.0 Å². The van der Waals surface area contributed by atoms with Crippen molar-refractivity contribution < 1.29 is 28.5 Å². The van der Waals surface area contributed by atoms with E-state index in [0.29, 0.717) is 59.0 Å². The molecule has 0 aromatic heterocycles. The van der Waals surface area contributed by atoms with Gasteiger partial charge in [0.15, 0.2) is 11.5 Å². The number of esters is 1. The predicted molar refractivity (Wildman–Crippen MR) is 166 cm³/mol. The smallest absolute Gasteiger partial charge is 0.343 e. The van der Waals surface area contributed by atoms with E-state index < -0.39 is 11.9 Å². The van der Waals surface area contributed by atoms with Crippen molar-refractivity contribution in [1.82, 2.24) is 0 Å². The van der Waals surface area contributed by atoms with Crippen LogP contribution in [0, 0.1) is 11.3 Å². The van der Waals surface area contributed by atoms with Crippen molar-refractivity contribution in [3.05, 3.63) is 124 Å². The number of nitriles is 1. The summed E-state index contributed by atoms with van der Waals surface area (Å²) < 4.78 is 29.1. The molecule has 1 aliphatic rings. The second-order valence-electron chi connectivity index (χ2n) is 9.94. The number of ether oxygens (including phenoxy) is 5. The molecule has 4 aromatic rings. The molecular weight excluding hydrogens is 580 g/mol. The van der Waals surface area contributed by atoms with E-state index in [1.54, 1.807) is 42.5 Å². The summed E-state index contributed by atoms with van der Waals surface area (Å²) in [6.45, 7) is 5.18. The molecule has 0 fully saturated rings. The first kappa shape index (κ1) is 30.3. The van der Waals surface area contributed by atoms with Crippen LogP contribution in [-0.4, -0.2) is 19.2 Å². The molecule has 0 radical (unpaired) electrons. The highest BCUT2D eigenvalue weighted by Gasteiger charge is 2.32. The molecule has 1 unspecified atom stereocenters. The molecule has 1 aliphatic heterocycles. The van der Waals surface area contributed by atoms with Gasteiger partial charge in [-0.05, 0) is 73.0 Å². The van der Waals surface area contributed by atoms with E-state index in [2.05, 4.69) is 6.07 Å². The largest absolute Gasteiger partial charge is 0.494 e. The fraction of sp³-hybridized carbons (Fsp3) is 0.200. The van der Waals surface area contributed by atoms with Crippen LogP contribution in [0.5, 0.6) is 28.7 Å². The number of hydrogen-bond donors (Lipinski definition) is 1. The second kappa shape index (κ2) is 13.9. The van der Waals surface area contributed by atoms with Gasteiger partial charge in [-0.3, -0.25) is 0 Å². The van der Waals surface area contributed by atoms with Crippen molar-refractivity contribution in [3.8, 4) is 34.8 Å². The molecule has 0 spiro atoms. The highest BCUT2D eigenvalue weighted by atomic mass is 35.5. The van der Waals surface area contributed by atoms with Crippen molar-refractivity contribution in [1.29, 1.82) is 5.26 Å². The monoisotopic (exact) mass is 610 g/mol. The summed E-state index contributed by atoms with van der Waals surface area (Å²) in [5, 5.41) is 10.7. The lowest BCUT2D eigenvalue weighted by molar-refractivity contribution is 0.0734. The molecule has 0 saturated carbocycles. The van der Waals surface area contributed by atoms with Crippen LogP contribution < -0.4 is 29.4 Å². The van der Waals surface area contributed by atoms with E-state index in [9.17, 15) is 10.1 Å². The Kier molecular flexibility index (Phi) is 9.58. The summed E-state index contributed by atoms with van der Waals surface area (Å²) in [5.74, 6) is 1.18. The molecule has 1 heterocycles. The number of carbonyl (C=O) groups excluding carboxylic acids is 1. The van der Waals surface area contributed by atoms with E-state index in [0.717, 1.165) is 17.5 Å². The Labute approximate surface area is 261 Å². The van der Waals surface area contributed by atoms with E-state index in [-0.39, 0.29) is 17.2 Å². The van der Waals surface area contributed by atoms with Gasteiger partial charge in [-0.1, -0.05) is 48.9 Å². The molecule has 0 amide bonds. The highest BCUT2D eigenvalue weighted by molar-refractivity contribution is 6.30. The Bertz CT molecular complexity index is 1730. The zero-order chi connectivity index (χ0) is 31.1. The van der Waals surface area contributed by atoms with Crippen LogP contribution >= 0.6 is 11.6 Å². The van der Waals surface area contributed by atoms with Crippen molar-refractivity contribution in [3.63, 3.8) is 0 Å². The quantitative estimate of drug-likeness (QED) is 0.137. The van der Waals surface area contributed by atoms with Crippen LogP contribution in [0.4, 0.5) is 0 Å². The van der Waals surface area contributed by atoms with E-state index in [1.165, 1.54) is 0 Å². The standard InChI is InChI=1S/C35H31ClN2O6/c1-3-16-41-26-7-5-6-24(17-26)35(39)43-27-13-14-28-31(19-27)44-34(38)29(20-37)33(28)23-10-15-30(32(18-23)40-4-2)42-21-22-8-11-25(36)12-9-22/h5-15,17-19,33H,3-4,16,21,38H2,1-2H3. The molecule has 4 aromatic carbocycles. The summed E-state index contributed by atoms with van der Waals surface area (Å²) in [4.78, 5) is 12.9. The normalized spacial score (nSPS) is 13.7. The third-order valence-corrected chi connectivity index (χ3v) is 7.10. The minimum atomic E-state index is -0.551. The third-order valence-electron chi connectivity index (χ3n) is 6.85. The Balaban J connectivity index is 1.41. The predicted octanol–water partition coefficient (Wildman–Crippen LogP) is 7.54. The molecule has 0 bridgehead atoms. The third kappa shape index (κ3) is 6.91. The summed E-state index contributed by atoms with van der Waals surface area (Å²) in [5.41, 5.74) is 9.22. The summed E-state index contributed by atoms with van der Waals surface area (Å²) >= 11 is 6.00. The molecule has 1 atom stereocenters. The van der Waals surface area contributed by atoms with Crippen LogP contribution in [0.25, 0.3) is 0 Å². The molecule has 0 aliphatic carbocycles. The van der Waals surface area contributed by atoms with E-state index in [1.807, 2.05) is 56.3 Å². The zero-order valence-electron chi connectivity index (χ0n) is 24.3. The maximum absolute atomic E-state index is 12.9. The lowest BCUT2D eigenvalue weighted by Crippen LogP contribution is -2.21. The van der Waals surface area contributed by atoms with Crippen LogP contribution in [0.15, 0.2) is 96.4 Å². The number of fused-ring (bicyclic) bond motifs is 1. The van der Waals surface area contributed by atoms with Gasteiger partial charge in [0.2, 0.25) is 5.88 Å². The van der Waals surface area contributed by atoms with Gasteiger partial charge in [0.1, 0.15) is 35.5 Å². The Hall–Kier alpha value is -5.13. The van der Waals surface area contributed by atoms with E-state index >= 15 is 0 Å². The van der Waals surface area contributed by atoms with Crippen molar-refractivity contribution in [2.75, 3.05) is 13.2 Å². The number of benzene rings is 4. The number of nitrogens with two attached hydrogens (primary N) is 1. The van der Waals surface area contributed by atoms with Gasteiger partial charge in [-0.25, -0.2) is 4.79 Å². The zero-order valence-corrected chi connectivity index (χ0v) is 25.1. The van der Waals surface area contributed by atoms with Gasteiger partial charge in [-0.15, -0.1) is 0 Å². The maximum Gasteiger partial charge on any atom is 0.343 e. The van der Waals surface area contributed by atoms with Gasteiger partial charge in [-0.2, -0.15) is 5.26 Å². The first-order chi connectivity index (χ1) is 21.4. The summed E-state index contributed by atoms with van der Waals surface area (Å²) in [6, 6.07) is 27.0. The van der Waals surface area contributed by atoms with Crippen LogP contribution in [-0.2, 0) is 6.61 Å². The highest BCUT2D eigenvalue weighted by Crippen LogP contribution is 2.45. The molecule has 5 rings (SSSR count). The Morgan fingerprint density at radius 2 is 1.75 bits per heavy atom. The minimum absolute atomic E-state index is 0.0322. The molecule has 224 valence electrons. The van der Waals surface area contributed by atoms with Crippen molar-refractivity contribution in [2.45, 2.75) is 32.8 Å². The second-order valence-corrected chi connectivity index (χ2v) is 10.4. The molecular formula is C35H31ClN2O6. The van der Waals surface area contributed by atoms with Gasteiger partial charge in [0, 0.05) is 16.7 Å². The number of hydrogen-bond acceptors (Lipinski definition) is 8. The average molecular weight is 611 g/mol. The molecule has 9 heteroatoms. The fourth-order valence-electron chi connectivity index (χ4n) is 4.77. The van der Waals surface area contributed by atoms with Gasteiger partial charge in [0.25, 0.3) is 0 Å². The lowest BCUT2D eigenvalue weighted by Gasteiger charge is -2.27. The van der Waals surface area contributed by atoms with Gasteiger partial charge in [0.05, 0.1) is 24.7 Å². The summed E-state index contributed by atoms with van der Waals surface area (Å²) in [7, 11) is 0. The molecule has 8 nitrogen and oxygen atoms in total. The van der Waals surface area contributed by atoms with Gasteiger partial charge < -0.3 is 29.4 Å². The average Bonchev–Trinajstić information content (AvgIpc) is 3.03. The van der Waals surface area contributed by atoms with Crippen LogP contribution in [0.1, 0.15) is 53.2 Å². The topological polar surface area (TPSA) is 113 Å². The number of halogens is 1. The first-order valence-electron chi connectivity index (χ1n) is 14.2. The minimum Gasteiger partial charge on any atom is -0.494 e. The van der Waals surface area contributed by atoms with Crippen molar-refractivity contribution in [2.24, 2.45) is 5.73 Å². The van der Waals surface area contributed by atoms with Gasteiger partial charge >= 0.3 is 5.97 Å². The Morgan fingerprint density at radius 3 is 2.50 bits per heavy atom. The number of allylic oxidation sites excluding steroid dienone is 1. The van der Waals surface area contributed by atoms with Crippen LogP contribution in [0.3, 0.4) is 0 Å². The molecule has 0 saturated heterocycles.